The van der Waals surface area contributed by atoms with E-state index in [1.54, 1.807) is 12.1 Å². The number of aromatic nitrogens is 1. The molecule has 3 heterocycles. The van der Waals surface area contributed by atoms with E-state index in [2.05, 4.69) is 11.5 Å². The maximum absolute atomic E-state index is 14.6. The van der Waals surface area contributed by atoms with E-state index >= 15 is 0 Å². The summed E-state index contributed by atoms with van der Waals surface area (Å²) in [5.74, 6) is 1.22. The maximum Gasteiger partial charge on any atom is 0.163 e. The quantitative estimate of drug-likeness (QED) is 0.663. The van der Waals surface area contributed by atoms with Gasteiger partial charge >= 0.3 is 0 Å². The Labute approximate surface area is 156 Å². The van der Waals surface area contributed by atoms with Crippen LogP contribution in [0.5, 0.6) is 11.5 Å². The van der Waals surface area contributed by atoms with Gasteiger partial charge in [0.1, 0.15) is 19.0 Å². The molecule has 4 nitrogen and oxygen atoms in total. The molecule has 5 rings (SSSR count). The van der Waals surface area contributed by atoms with Gasteiger partial charge < -0.3 is 14.0 Å². The SMILES string of the molecule is CC[C@@H]1N=C(c2ccccc2F)c2cccn2-c2cc3c(cc21)OCCO3. The first kappa shape index (κ1) is 16.1. The van der Waals surface area contributed by atoms with Gasteiger partial charge in [0.25, 0.3) is 0 Å². The number of fused-ring (bicyclic) bond motifs is 4. The van der Waals surface area contributed by atoms with Crippen molar-refractivity contribution in [3.63, 3.8) is 0 Å². The van der Waals surface area contributed by atoms with Crippen LogP contribution in [0.1, 0.15) is 36.2 Å². The fraction of sp³-hybridized carbons (Fsp3) is 0.227. The normalized spacial score (nSPS) is 17.6. The summed E-state index contributed by atoms with van der Waals surface area (Å²) in [6.45, 7) is 3.17. The molecule has 0 bridgehead atoms. The van der Waals surface area contributed by atoms with Gasteiger partial charge in [0.05, 0.1) is 23.1 Å². The zero-order valence-corrected chi connectivity index (χ0v) is 15.0. The molecule has 0 unspecified atom stereocenters. The second-order valence-electron chi connectivity index (χ2n) is 6.70. The van der Waals surface area contributed by atoms with Gasteiger partial charge in [-0.25, -0.2) is 4.39 Å². The molecule has 0 spiro atoms. The van der Waals surface area contributed by atoms with Crippen molar-refractivity contribution in [3.8, 4) is 17.2 Å². The van der Waals surface area contributed by atoms with E-state index < -0.39 is 0 Å². The Balaban J connectivity index is 1.78. The molecule has 27 heavy (non-hydrogen) atoms. The van der Waals surface area contributed by atoms with E-state index in [9.17, 15) is 4.39 Å². The molecule has 136 valence electrons. The monoisotopic (exact) mass is 362 g/mol. The molecule has 0 amide bonds. The van der Waals surface area contributed by atoms with Crippen molar-refractivity contribution in [2.45, 2.75) is 19.4 Å². The van der Waals surface area contributed by atoms with Gasteiger partial charge in [-0.15, -0.1) is 0 Å². The van der Waals surface area contributed by atoms with E-state index in [0.29, 0.717) is 24.5 Å². The molecule has 5 heteroatoms. The number of rotatable bonds is 2. The van der Waals surface area contributed by atoms with Gasteiger partial charge in [-0.3, -0.25) is 4.99 Å². The predicted molar refractivity (Wildman–Crippen MR) is 102 cm³/mol. The number of hydrogen-bond donors (Lipinski definition) is 0. The summed E-state index contributed by atoms with van der Waals surface area (Å²) in [6.07, 6.45) is 2.79. The van der Waals surface area contributed by atoms with Crippen LogP contribution in [-0.2, 0) is 0 Å². The molecule has 2 aliphatic rings. The first-order chi connectivity index (χ1) is 13.3. The fourth-order valence-corrected chi connectivity index (χ4v) is 3.82. The molecular formula is C22H19FN2O2. The van der Waals surface area contributed by atoms with Crippen molar-refractivity contribution in [1.29, 1.82) is 0 Å². The van der Waals surface area contributed by atoms with Crippen molar-refractivity contribution in [2.24, 2.45) is 4.99 Å². The van der Waals surface area contributed by atoms with Crippen LogP contribution in [0.15, 0.2) is 59.7 Å². The molecule has 2 aromatic carbocycles. The van der Waals surface area contributed by atoms with Crippen molar-refractivity contribution >= 4 is 5.71 Å². The number of aliphatic imine (C=N–C) groups is 1. The first-order valence-corrected chi connectivity index (χ1v) is 9.20. The minimum atomic E-state index is -0.268. The Morgan fingerprint density at radius 1 is 1.07 bits per heavy atom. The lowest BCUT2D eigenvalue weighted by molar-refractivity contribution is 0.171. The third-order valence-corrected chi connectivity index (χ3v) is 5.10. The number of halogens is 1. The minimum absolute atomic E-state index is 0.0923. The molecule has 0 aliphatic carbocycles. The second-order valence-corrected chi connectivity index (χ2v) is 6.70. The fourth-order valence-electron chi connectivity index (χ4n) is 3.82. The number of nitrogens with zero attached hydrogens (tertiary/aromatic N) is 2. The van der Waals surface area contributed by atoms with Gasteiger partial charge in [0, 0.05) is 23.4 Å². The Kier molecular flexibility index (Phi) is 3.74. The summed E-state index contributed by atoms with van der Waals surface area (Å²) in [4.78, 5) is 4.99. The number of hydrogen-bond acceptors (Lipinski definition) is 3. The Hall–Kier alpha value is -3.08. The summed E-state index contributed by atoms with van der Waals surface area (Å²) in [6, 6.07) is 14.7. The third-order valence-electron chi connectivity index (χ3n) is 5.10. The van der Waals surface area contributed by atoms with Gasteiger partial charge in [-0.05, 0) is 36.8 Å². The van der Waals surface area contributed by atoms with Gasteiger partial charge in [0.15, 0.2) is 11.5 Å². The van der Waals surface area contributed by atoms with Gasteiger partial charge in [-0.2, -0.15) is 0 Å². The Morgan fingerprint density at radius 3 is 2.63 bits per heavy atom. The van der Waals surface area contributed by atoms with Crippen LogP contribution in [-0.4, -0.2) is 23.5 Å². The predicted octanol–water partition coefficient (Wildman–Crippen LogP) is 4.69. The van der Waals surface area contributed by atoms with E-state index in [0.717, 1.165) is 34.9 Å². The van der Waals surface area contributed by atoms with E-state index in [4.69, 9.17) is 14.5 Å². The summed E-state index contributed by atoms with van der Waals surface area (Å²) >= 11 is 0. The molecule has 0 fully saturated rings. The lowest BCUT2D eigenvalue weighted by Crippen LogP contribution is -2.16. The summed E-state index contributed by atoms with van der Waals surface area (Å²) in [7, 11) is 0. The van der Waals surface area contributed by atoms with Crippen LogP contribution in [0, 0.1) is 5.82 Å². The van der Waals surface area contributed by atoms with Gasteiger partial charge in [0.2, 0.25) is 0 Å². The van der Waals surface area contributed by atoms with Gasteiger partial charge in [-0.1, -0.05) is 19.1 Å². The topological polar surface area (TPSA) is 35.8 Å². The summed E-state index contributed by atoms with van der Waals surface area (Å²) < 4.78 is 28.2. The smallest absolute Gasteiger partial charge is 0.163 e. The van der Waals surface area contributed by atoms with Crippen molar-refractivity contribution in [2.75, 3.05) is 13.2 Å². The van der Waals surface area contributed by atoms with Crippen LogP contribution < -0.4 is 9.47 Å². The summed E-state index contributed by atoms with van der Waals surface area (Å²) in [5, 5.41) is 0. The highest BCUT2D eigenvalue weighted by molar-refractivity contribution is 6.13. The number of ether oxygens (including phenoxy) is 2. The average Bonchev–Trinajstić information content (AvgIpc) is 3.14. The molecule has 0 N–H and O–H groups in total. The molecule has 2 aliphatic heterocycles. The largest absolute Gasteiger partial charge is 0.486 e. The Bertz CT molecular complexity index is 1050. The van der Waals surface area contributed by atoms with Crippen LogP contribution in [0.25, 0.3) is 5.69 Å². The molecule has 3 aromatic rings. The first-order valence-electron chi connectivity index (χ1n) is 9.20. The third kappa shape index (κ3) is 2.53. The maximum atomic E-state index is 14.6. The molecular weight excluding hydrogens is 343 g/mol. The molecule has 1 atom stereocenters. The average molecular weight is 362 g/mol. The van der Waals surface area contributed by atoms with E-state index in [1.807, 2.05) is 36.5 Å². The summed E-state index contributed by atoms with van der Waals surface area (Å²) in [5.41, 5.74) is 4.11. The van der Waals surface area contributed by atoms with Crippen LogP contribution >= 0.6 is 0 Å². The zero-order chi connectivity index (χ0) is 18.4. The molecule has 0 radical (unpaired) electrons. The van der Waals surface area contributed by atoms with Crippen molar-refractivity contribution in [1.82, 2.24) is 4.57 Å². The van der Waals surface area contributed by atoms with Crippen molar-refractivity contribution < 1.29 is 13.9 Å². The van der Waals surface area contributed by atoms with Crippen molar-refractivity contribution in [3.05, 3.63) is 77.4 Å². The highest BCUT2D eigenvalue weighted by Gasteiger charge is 2.27. The van der Waals surface area contributed by atoms with Crippen LogP contribution in [0.2, 0.25) is 0 Å². The minimum Gasteiger partial charge on any atom is -0.486 e. The number of benzene rings is 2. The zero-order valence-electron chi connectivity index (χ0n) is 15.0. The highest BCUT2D eigenvalue weighted by Crippen LogP contribution is 2.41. The molecule has 0 saturated heterocycles. The van der Waals surface area contributed by atoms with E-state index in [-0.39, 0.29) is 11.9 Å². The lowest BCUT2D eigenvalue weighted by Gasteiger charge is -2.22. The molecule has 1 aromatic heterocycles. The standard InChI is InChI=1S/C22H19FN2O2/c1-2-17-15-12-20-21(27-11-10-26-20)13-19(15)25-9-5-8-18(25)22(24-17)14-6-3-4-7-16(14)23/h3-9,12-13,17H,2,10-11H2,1H3/t17-/m0/s1. The van der Waals surface area contributed by atoms with E-state index in [1.165, 1.54) is 6.07 Å². The highest BCUT2D eigenvalue weighted by atomic mass is 19.1. The van der Waals surface area contributed by atoms with Crippen LogP contribution in [0.4, 0.5) is 4.39 Å². The lowest BCUT2D eigenvalue weighted by atomic mass is 10.0. The van der Waals surface area contributed by atoms with Crippen LogP contribution in [0.3, 0.4) is 0 Å². The molecule has 0 saturated carbocycles. The second kappa shape index (κ2) is 6.27. The Morgan fingerprint density at radius 2 is 1.85 bits per heavy atom.